The second-order valence-corrected chi connectivity index (χ2v) is 6.42. The first-order valence-electron chi connectivity index (χ1n) is 8.57. The fourth-order valence-corrected chi connectivity index (χ4v) is 3.08. The van der Waals surface area contributed by atoms with Crippen molar-refractivity contribution in [1.29, 1.82) is 0 Å². The minimum atomic E-state index is -4.53. The number of halogens is 3. The third-order valence-electron chi connectivity index (χ3n) is 4.48. The number of nitrogens with one attached hydrogen (secondary N) is 3. The van der Waals surface area contributed by atoms with Crippen LogP contribution < -0.4 is 20.7 Å². The minimum Gasteiger partial charge on any atom is -0.497 e. The lowest BCUT2D eigenvalue weighted by atomic mass is 9.88. The molecular weight excluding hydrogens is 387 g/mol. The molecule has 3 rings (SSSR count). The molecule has 2 aromatic carbocycles. The monoisotopic (exact) mass is 405 g/mol. The molecule has 0 spiro atoms. The summed E-state index contributed by atoms with van der Waals surface area (Å²) in [6.07, 6.45) is -4.53. The molecule has 0 bridgehead atoms. The van der Waals surface area contributed by atoms with E-state index < -0.39 is 35.6 Å². The standard InChI is InChI=1S/C20H18F3N3O3/c1-11-16(18(27)25-14-5-3-4-13(10-14)20(21,22)23)17(26-19(28)24-11)12-6-8-15(29-2)9-7-12/h3-10,16-17H,1H2,2H3,(H,25,27)(H2,24,26,28)/t16-,17+/m0/s1. The zero-order chi connectivity index (χ0) is 21.2. The van der Waals surface area contributed by atoms with Gasteiger partial charge in [-0.2, -0.15) is 13.2 Å². The van der Waals surface area contributed by atoms with Crippen molar-refractivity contribution in [3.8, 4) is 5.75 Å². The average Bonchev–Trinajstić information content (AvgIpc) is 2.67. The van der Waals surface area contributed by atoms with E-state index in [0.717, 1.165) is 12.1 Å². The van der Waals surface area contributed by atoms with Gasteiger partial charge in [0.05, 0.1) is 18.7 Å². The number of hydrogen-bond acceptors (Lipinski definition) is 3. The summed E-state index contributed by atoms with van der Waals surface area (Å²) in [6.45, 7) is 3.74. The lowest BCUT2D eigenvalue weighted by Gasteiger charge is -2.34. The molecule has 0 radical (unpaired) electrons. The van der Waals surface area contributed by atoms with Gasteiger partial charge in [0, 0.05) is 11.4 Å². The average molecular weight is 405 g/mol. The molecule has 2 aromatic rings. The van der Waals surface area contributed by atoms with Crippen molar-refractivity contribution in [3.63, 3.8) is 0 Å². The highest BCUT2D eigenvalue weighted by Gasteiger charge is 2.38. The zero-order valence-corrected chi connectivity index (χ0v) is 15.3. The molecule has 0 unspecified atom stereocenters. The van der Waals surface area contributed by atoms with E-state index in [-0.39, 0.29) is 11.4 Å². The number of urea groups is 1. The predicted octanol–water partition coefficient (Wildman–Crippen LogP) is 3.84. The van der Waals surface area contributed by atoms with Gasteiger partial charge < -0.3 is 20.7 Å². The van der Waals surface area contributed by atoms with E-state index in [1.54, 1.807) is 24.3 Å². The first-order chi connectivity index (χ1) is 13.7. The molecule has 0 saturated carbocycles. The Morgan fingerprint density at radius 3 is 2.48 bits per heavy atom. The van der Waals surface area contributed by atoms with E-state index in [2.05, 4.69) is 22.5 Å². The second-order valence-electron chi connectivity index (χ2n) is 6.42. The van der Waals surface area contributed by atoms with Crippen molar-refractivity contribution in [2.24, 2.45) is 5.92 Å². The smallest absolute Gasteiger partial charge is 0.416 e. The number of hydrogen-bond donors (Lipinski definition) is 3. The summed E-state index contributed by atoms with van der Waals surface area (Å²) in [5.74, 6) is -0.962. The number of rotatable bonds is 4. The molecular formula is C20H18F3N3O3. The quantitative estimate of drug-likeness (QED) is 0.723. The molecule has 1 aliphatic heterocycles. The molecule has 1 aliphatic rings. The number of alkyl halides is 3. The van der Waals surface area contributed by atoms with Crippen molar-refractivity contribution in [2.45, 2.75) is 12.2 Å². The van der Waals surface area contributed by atoms with E-state index in [9.17, 15) is 22.8 Å². The molecule has 3 N–H and O–H groups in total. The summed E-state index contributed by atoms with van der Waals surface area (Å²) in [7, 11) is 1.51. The van der Waals surface area contributed by atoms with Crippen LogP contribution in [0.15, 0.2) is 60.8 Å². The highest BCUT2D eigenvalue weighted by molar-refractivity contribution is 5.97. The van der Waals surface area contributed by atoms with Crippen LogP contribution >= 0.6 is 0 Å². The first kappa shape index (κ1) is 20.2. The topological polar surface area (TPSA) is 79.5 Å². The van der Waals surface area contributed by atoms with E-state index in [1.807, 2.05) is 0 Å². The number of methoxy groups -OCH3 is 1. The molecule has 29 heavy (non-hydrogen) atoms. The number of ether oxygens (including phenoxy) is 1. The lowest BCUT2D eigenvalue weighted by molar-refractivity contribution is -0.137. The Bertz CT molecular complexity index is 942. The van der Waals surface area contributed by atoms with Crippen LogP contribution in [0.5, 0.6) is 5.75 Å². The maximum atomic E-state index is 12.9. The van der Waals surface area contributed by atoms with Crippen LogP contribution in [0, 0.1) is 5.92 Å². The Morgan fingerprint density at radius 1 is 1.17 bits per heavy atom. The molecule has 1 fully saturated rings. The summed E-state index contributed by atoms with van der Waals surface area (Å²) >= 11 is 0. The van der Waals surface area contributed by atoms with E-state index >= 15 is 0 Å². The summed E-state index contributed by atoms with van der Waals surface area (Å²) in [6, 6.07) is 9.76. The largest absolute Gasteiger partial charge is 0.497 e. The van der Waals surface area contributed by atoms with Gasteiger partial charge in [-0.05, 0) is 35.9 Å². The number of carbonyl (C=O) groups is 2. The van der Waals surface area contributed by atoms with E-state index in [4.69, 9.17) is 4.74 Å². The SMILES string of the molecule is C=C1NC(=O)N[C@H](c2ccc(OC)cc2)[C@H]1C(=O)Nc1cccc(C(F)(F)F)c1. The predicted molar refractivity (Wildman–Crippen MR) is 100 cm³/mol. The van der Waals surface area contributed by atoms with Crippen molar-refractivity contribution >= 4 is 17.6 Å². The van der Waals surface area contributed by atoms with Crippen molar-refractivity contribution < 1.29 is 27.5 Å². The molecule has 2 atom stereocenters. The molecule has 1 saturated heterocycles. The Labute approximate surface area is 164 Å². The van der Waals surface area contributed by atoms with Crippen molar-refractivity contribution in [1.82, 2.24) is 10.6 Å². The lowest BCUT2D eigenvalue weighted by Crippen LogP contribution is -2.51. The van der Waals surface area contributed by atoms with Gasteiger partial charge in [0.1, 0.15) is 11.7 Å². The van der Waals surface area contributed by atoms with Gasteiger partial charge in [0.25, 0.3) is 0 Å². The van der Waals surface area contributed by atoms with Gasteiger partial charge in [-0.1, -0.05) is 24.8 Å². The van der Waals surface area contributed by atoms with Crippen LogP contribution in [-0.4, -0.2) is 19.0 Å². The van der Waals surface area contributed by atoms with Crippen LogP contribution in [0.4, 0.5) is 23.7 Å². The molecule has 6 nitrogen and oxygen atoms in total. The normalized spacial score (nSPS) is 19.2. The minimum absolute atomic E-state index is 0.0111. The van der Waals surface area contributed by atoms with E-state index in [0.29, 0.717) is 11.3 Å². The zero-order valence-electron chi connectivity index (χ0n) is 15.3. The summed E-state index contributed by atoms with van der Waals surface area (Å²) < 4.78 is 43.8. The fraction of sp³-hybridized carbons (Fsp3) is 0.200. The second kappa shape index (κ2) is 7.86. The van der Waals surface area contributed by atoms with Gasteiger partial charge in [-0.25, -0.2) is 4.79 Å². The van der Waals surface area contributed by atoms with Crippen molar-refractivity contribution in [2.75, 3.05) is 12.4 Å². The van der Waals surface area contributed by atoms with Gasteiger partial charge in [-0.15, -0.1) is 0 Å². The maximum Gasteiger partial charge on any atom is 0.416 e. The Hall–Kier alpha value is -3.49. The van der Waals surface area contributed by atoms with Gasteiger partial charge in [0.15, 0.2) is 0 Å². The Balaban J connectivity index is 1.87. The fourth-order valence-electron chi connectivity index (χ4n) is 3.08. The molecule has 9 heteroatoms. The van der Waals surface area contributed by atoms with Crippen LogP contribution in [0.2, 0.25) is 0 Å². The van der Waals surface area contributed by atoms with Crippen LogP contribution in [0.25, 0.3) is 0 Å². The van der Waals surface area contributed by atoms with Crippen LogP contribution in [0.3, 0.4) is 0 Å². The molecule has 3 amide bonds. The molecule has 0 aromatic heterocycles. The summed E-state index contributed by atoms with van der Waals surface area (Å²) in [5, 5.41) is 7.58. The van der Waals surface area contributed by atoms with Crippen molar-refractivity contribution in [3.05, 3.63) is 71.9 Å². The van der Waals surface area contributed by atoms with Gasteiger partial charge in [0.2, 0.25) is 5.91 Å². The van der Waals surface area contributed by atoms with E-state index in [1.165, 1.54) is 19.2 Å². The van der Waals surface area contributed by atoms with Crippen LogP contribution in [0.1, 0.15) is 17.2 Å². The molecule has 1 heterocycles. The maximum absolute atomic E-state index is 12.9. The Morgan fingerprint density at radius 2 is 1.86 bits per heavy atom. The number of carbonyl (C=O) groups excluding carboxylic acids is 2. The molecule has 152 valence electrons. The van der Waals surface area contributed by atoms with Crippen LogP contribution in [-0.2, 0) is 11.0 Å². The first-order valence-corrected chi connectivity index (χ1v) is 8.57. The highest BCUT2D eigenvalue weighted by atomic mass is 19.4. The Kier molecular flexibility index (Phi) is 5.49. The highest BCUT2D eigenvalue weighted by Crippen LogP contribution is 2.33. The summed E-state index contributed by atoms with van der Waals surface area (Å²) in [4.78, 5) is 24.8. The third kappa shape index (κ3) is 4.50. The van der Waals surface area contributed by atoms with Gasteiger partial charge >= 0.3 is 12.2 Å². The van der Waals surface area contributed by atoms with Gasteiger partial charge in [-0.3, -0.25) is 4.79 Å². The molecule has 0 aliphatic carbocycles. The number of amides is 3. The third-order valence-corrected chi connectivity index (χ3v) is 4.48. The summed E-state index contributed by atoms with van der Waals surface area (Å²) in [5.41, 5.74) is -0.135. The number of anilines is 1. The number of benzene rings is 2.